The van der Waals surface area contributed by atoms with Gasteiger partial charge >= 0.3 is 5.97 Å². The first-order valence-corrected chi connectivity index (χ1v) is 8.03. The summed E-state index contributed by atoms with van der Waals surface area (Å²) in [6.07, 6.45) is 1.39. The molecule has 0 aliphatic heterocycles. The summed E-state index contributed by atoms with van der Waals surface area (Å²) >= 11 is 0. The zero-order chi connectivity index (χ0) is 18.4. The Balaban J connectivity index is 2.19. The van der Waals surface area contributed by atoms with Crippen LogP contribution >= 0.6 is 0 Å². The van der Waals surface area contributed by atoms with Gasteiger partial charge in [-0.25, -0.2) is 4.98 Å². The van der Waals surface area contributed by atoms with Crippen LogP contribution in [0.25, 0.3) is 0 Å². The second-order valence-electron chi connectivity index (χ2n) is 6.20. The predicted molar refractivity (Wildman–Crippen MR) is 93.8 cm³/mol. The normalized spacial score (nSPS) is 13.1. The van der Waals surface area contributed by atoms with Gasteiger partial charge in [-0.15, -0.1) is 0 Å². The number of amides is 1. The number of hydrogen-bond acceptors (Lipinski definition) is 4. The van der Waals surface area contributed by atoms with Crippen LogP contribution in [0, 0.1) is 0 Å². The predicted octanol–water partition coefficient (Wildman–Crippen LogP) is 2.64. The quantitative estimate of drug-likeness (QED) is 0.807. The molecular weight excluding hydrogens is 320 g/mol. The Bertz CT molecular complexity index is 746. The highest BCUT2D eigenvalue weighted by Crippen LogP contribution is 2.24. The minimum atomic E-state index is -1.25. The number of carbonyl (C=O) groups excluding carboxylic acids is 1. The average molecular weight is 342 g/mol. The van der Waals surface area contributed by atoms with Gasteiger partial charge in [0.1, 0.15) is 5.41 Å². The summed E-state index contributed by atoms with van der Waals surface area (Å²) in [5, 5.41) is 12.3. The molecule has 0 fully saturated rings. The van der Waals surface area contributed by atoms with Crippen LogP contribution in [0.1, 0.15) is 36.8 Å². The van der Waals surface area contributed by atoms with Gasteiger partial charge in [0, 0.05) is 12.7 Å². The van der Waals surface area contributed by atoms with Crippen LogP contribution in [0.15, 0.2) is 48.7 Å². The Hall–Kier alpha value is -2.89. The molecule has 25 heavy (non-hydrogen) atoms. The summed E-state index contributed by atoms with van der Waals surface area (Å²) in [5.74, 6) is -1.12. The smallest absolute Gasteiger partial charge is 0.315 e. The topological polar surface area (TPSA) is 88.5 Å². The summed E-state index contributed by atoms with van der Waals surface area (Å²) in [5.41, 5.74) is -0.496. The summed E-state index contributed by atoms with van der Waals surface area (Å²) in [4.78, 5) is 28.4. The standard InChI is InChI=1S/C19H22N2O4/c1-13(2)25-15-10-7-11-20-16(15)17(22)21-12-19(3,18(23)24)14-8-5-4-6-9-14/h4-11,13H,12H2,1-3H3,(H,21,22)(H,23,24). The summed E-state index contributed by atoms with van der Waals surface area (Å²) in [7, 11) is 0. The molecule has 132 valence electrons. The molecule has 2 rings (SSSR count). The molecule has 2 N–H and O–H groups in total. The SMILES string of the molecule is CC(C)Oc1cccnc1C(=O)NCC(C)(C(=O)O)c1ccccc1. The van der Waals surface area contributed by atoms with E-state index in [4.69, 9.17) is 4.74 Å². The number of benzene rings is 1. The van der Waals surface area contributed by atoms with Crippen molar-refractivity contribution in [3.63, 3.8) is 0 Å². The summed E-state index contributed by atoms with van der Waals surface area (Å²) < 4.78 is 5.59. The third-order valence-corrected chi connectivity index (χ3v) is 3.83. The maximum absolute atomic E-state index is 12.5. The van der Waals surface area contributed by atoms with Crippen LogP contribution in [-0.4, -0.2) is 34.6 Å². The van der Waals surface area contributed by atoms with Crippen LogP contribution in [-0.2, 0) is 10.2 Å². The molecular formula is C19H22N2O4. The zero-order valence-electron chi connectivity index (χ0n) is 14.5. The number of pyridine rings is 1. The second kappa shape index (κ2) is 7.79. The van der Waals surface area contributed by atoms with Crippen LogP contribution in [0.5, 0.6) is 5.75 Å². The fraction of sp³-hybridized carbons (Fsp3) is 0.316. The number of hydrogen-bond donors (Lipinski definition) is 2. The Morgan fingerprint density at radius 2 is 1.88 bits per heavy atom. The van der Waals surface area contributed by atoms with E-state index in [1.54, 1.807) is 43.3 Å². The highest BCUT2D eigenvalue weighted by Gasteiger charge is 2.36. The van der Waals surface area contributed by atoms with E-state index in [9.17, 15) is 14.7 Å². The van der Waals surface area contributed by atoms with E-state index < -0.39 is 17.3 Å². The maximum Gasteiger partial charge on any atom is 0.315 e. The van der Waals surface area contributed by atoms with Crippen molar-refractivity contribution >= 4 is 11.9 Å². The minimum absolute atomic E-state index is 0.0666. The highest BCUT2D eigenvalue weighted by atomic mass is 16.5. The first kappa shape index (κ1) is 18.4. The number of aliphatic carboxylic acids is 1. The van der Waals surface area contributed by atoms with Gasteiger partial charge in [0.2, 0.25) is 0 Å². The van der Waals surface area contributed by atoms with Crippen molar-refractivity contribution in [2.75, 3.05) is 6.54 Å². The number of carbonyl (C=O) groups is 2. The van der Waals surface area contributed by atoms with Gasteiger partial charge in [-0.05, 0) is 38.5 Å². The third-order valence-electron chi connectivity index (χ3n) is 3.83. The number of nitrogens with zero attached hydrogens (tertiary/aromatic N) is 1. The number of aromatic nitrogens is 1. The number of rotatable bonds is 7. The van der Waals surface area contributed by atoms with Crippen LogP contribution in [0.3, 0.4) is 0 Å². The molecule has 1 aromatic heterocycles. The molecule has 0 saturated carbocycles. The molecule has 0 bridgehead atoms. The van der Waals surface area contributed by atoms with E-state index in [2.05, 4.69) is 10.3 Å². The van der Waals surface area contributed by atoms with Crippen LogP contribution in [0.2, 0.25) is 0 Å². The molecule has 6 heteroatoms. The first-order chi connectivity index (χ1) is 11.8. The number of nitrogens with one attached hydrogen (secondary N) is 1. The highest BCUT2D eigenvalue weighted by molar-refractivity contribution is 5.95. The molecule has 0 spiro atoms. The number of carboxylic acid groups (broad SMARTS) is 1. The molecule has 1 aromatic carbocycles. The van der Waals surface area contributed by atoms with Crippen molar-refractivity contribution in [2.45, 2.75) is 32.3 Å². The molecule has 2 aromatic rings. The van der Waals surface area contributed by atoms with Crippen molar-refractivity contribution in [1.82, 2.24) is 10.3 Å². The Morgan fingerprint density at radius 1 is 1.20 bits per heavy atom. The lowest BCUT2D eigenvalue weighted by atomic mass is 9.82. The Kier molecular flexibility index (Phi) is 5.75. The Morgan fingerprint density at radius 3 is 2.48 bits per heavy atom. The fourth-order valence-corrected chi connectivity index (χ4v) is 2.36. The zero-order valence-corrected chi connectivity index (χ0v) is 14.5. The van der Waals surface area contributed by atoms with Gasteiger partial charge in [-0.1, -0.05) is 30.3 Å². The molecule has 1 amide bonds. The van der Waals surface area contributed by atoms with Gasteiger partial charge < -0.3 is 15.2 Å². The summed E-state index contributed by atoms with van der Waals surface area (Å²) in [6.45, 7) is 5.22. The third kappa shape index (κ3) is 4.35. The van der Waals surface area contributed by atoms with Crippen LogP contribution in [0.4, 0.5) is 0 Å². The molecule has 1 heterocycles. The molecule has 1 unspecified atom stereocenters. The van der Waals surface area contributed by atoms with E-state index in [0.29, 0.717) is 11.3 Å². The van der Waals surface area contributed by atoms with Crippen LogP contribution < -0.4 is 10.1 Å². The van der Waals surface area contributed by atoms with Crippen molar-refractivity contribution in [3.8, 4) is 5.75 Å². The molecule has 0 radical (unpaired) electrons. The van der Waals surface area contributed by atoms with E-state index >= 15 is 0 Å². The minimum Gasteiger partial charge on any atom is -0.489 e. The molecule has 0 aliphatic rings. The fourth-order valence-electron chi connectivity index (χ4n) is 2.36. The maximum atomic E-state index is 12.5. The van der Waals surface area contributed by atoms with Crippen molar-refractivity contribution in [2.24, 2.45) is 0 Å². The van der Waals surface area contributed by atoms with E-state index in [0.717, 1.165) is 0 Å². The Labute approximate surface area is 146 Å². The van der Waals surface area contributed by atoms with Gasteiger partial charge in [0.25, 0.3) is 5.91 Å². The molecule has 0 aliphatic carbocycles. The van der Waals surface area contributed by atoms with Gasteiger partial charge in [0.05, 0.1) is 6.10 Å². The van der Waals surface area contributed by atoms with Gasteiger partial charge in [-0.2, -0.15) is 0 Å². The van der Waals surface area contributed by atoms with Crippen molar-refractivity contribution < 1.29 is 19.4 Å². The van der Waals surface area contributed by atoms with Gasteiger partial charge in [0.15, 0.2) is 11.4 Å². The average Bonchev–Trinajstić information content (AvgIpc) is 2.60. The lowest BCUT2D eigenvalue weighted by Gasteiger charge is -2.25. The van der Waals surface area contributed by atoms with E-state index in [1.165, 1.54) is 6.20 Å². The van der Waals surface area contributed by atoms with E-state index in [1.807, 2.05) is 19.9 Å². The molecule has 6 nitrogen and oxygen atoms in total. The molecule has 0 saturated heterocycles. The summed E-state index contributed by atoms with van der Waals surface area (Å²) in [6, 6.07) is 12.2. The second-order valence-corrected chi connectivity index (χ2v) is 6.20. The lowest BCUT2D eigenvalue weighted by molar-refractivity contribution is -0.142. The number of ether oxygens (including phenoxy) is 1. The van der Waals surface area contributed by atoms with E-state index in [-0.39, 0.29) is 18.3 Å². The monoisotopic (exact) mass is 342 g/mol. The van der Waals surface area contributed by atoms with Crippen molar-refractivity contribution in [1.29, 1.82) is 0 Å². The van der Waals surface area contributed by atoms with Gasteiger partial charge in [-0.3, -0.25) is 9.59 Å². The largest absolute Gasteiger partial charge is 0.489 e. The number of carboxylic acids is 1. The molecule has 1 atom stereocenters. The lowest BCUT2D eigenvalue weighted by Crippen LogP contribution is -2.44. The van der Waals surface area contributed by atoms with Crippen molar-refractivity contribution in [3.05, 3.63) is 59.9 Å². The first-order valence-electron chi connectivity index (χ1n) is 8.03.